The number of nitrogens with one attached hydrogen (secondary N) is 1. The number of alkyl halides is 3. The van der Waals surface area contributed by atoms with Crippen LogP contribution in [0, 0.1) is 0 Å². The largest absolute Gasteiger partial charge is 0.431 e. The maximum absolute atomic E-state index is 12.3. The molecule has 0 bridgehead atoms. The van der Waals surface area contributed by atoms with Gasteiger partial charge in [0.2, 0.25) is 0 Å². The van der Waals surface area contributed by atoms with Crippen LogP contribution in [0.25, 0.3) is 10.9 Å². The summed E-state index contributed by atoms with van der Waals surface area (Å²) in [5.41, 5.74) is -0.323. The lowest BCUT2D eigenvalue weighted by molar-refractivity contribution is -0.140. The summed E-state index contributed by atoms with van der Waals surface area (Å²) in [7, 11) is 0. The monoisotopic (exact) mass is 219 g/mol. The summed E-state index contributed by atoms with van der Waals surface area (Å²) in [5, 5.41) is 0.884. The average molecular weight is 220 g/mol. The van der Waals surface area contributed by atoms with E-state index in [-0.39, 0.29) is 0 Å². The first-order chi connectivity index (χ1) is 6.47. The molecule has 1 heterocycles. The fourth-order valence-electron chi connectivity index (χ4n) is 1.26. The van der Waals surface area contributed by atoms with Gasteiger partial charge in [0.1, 0.15) is 5.69 Å². The molecular weight excluding hydrogens is 215 g/mol. The average Bonchev–Trinajstić information content (AvgIpc) is 2.45. The minimum atomic E-state index is -4.34. The summed E-state index contributed by atoms with van der Waals surface area (Å²) >= 11 is 5.65. The molecule has 0 amide bonds. The normalized spacial score (nSPS) is 12.3. The summed E-state index contributed by atoms with van der Waals surface area (Å²) in [6, 6.07) is 5.59. The minimum absolute atomic E-state index is 0.422. The third kappa shape index (κ3) is 1.57. The summed E-state index contributed by atoms with van der Waals surface area (Å²) in [5.74, 6) is 0. The highest BCUT2D eigenvalue weighted by Gasteiger charge is 2.32. The minimum Gasteiger partial charge on any atom is -0.351 e. The summed E-state index contributed by atoms with van der Waals surface area (Å²) in [4.78, 5) is 2.28. The standard InChI is InChI=1S/C9H5ClF3N/c10-6-1-2-7-5(3-6)4-8(14-7)9(11,12)13/h1-4,14H. The number of fused-ring (bicyclic) bond motifs is 1. The molecule has 0 aliphatic rings. The molecule has 1 aromatic carbocycles. The summed E-state index contributed by atoms with van der Waals surface area (Å²) in [6.45, 7) is 0. The van der Waals surface area contributed by atoms with Crippen molar-refractivity contribution in [2.24, 2.45) is 0 Å². The number of benzene rings is 1. The van der Waals surface area contributed by atoms with Crippen LogP contribution >= 0.6 is 11.6 Å². The molecule has 0 radical (unpaired) electrons. The number of halogens is 4. The second-order valence-electron chi connectivity index (χ2n) is 2.91. The zero-order valence-electron chi connectivity index (χ0n) is 6.82. The Kier molecular flexibility index (Phi) is 1.96. The summed E-state index contributed by atoms with van der Waals surface area (Å²) in [6.07, 6.45) is -4.34. The fourth-order valence-corrected chi connectivity index (χ4v) is 1.44. The van der Waals surface area contributed by atoms with Crippen LogP contribution in [-0.2, 0) is 6.18 Å². The van der Waals surface area contributed by atoms with Gasteiger partial charge in [-0.2, -0.15) is 13.2 Å². The van der Waals surface area contributed by atoms with Crippen LogP contribution in [0.4, 0.5) is 13.2 Å². The van der Waals surface area contributed by atoms with Gasteiger partial charge in [-0.3, -0.25) is 0 Å². The molecule has 14 heavy (non-hydrogen) atoms. The van der Waals surface area contributed by atoms with Crippen LogP contribution in [-0.4, -0.2) is 4.98 Å². The van der Waals surface area contributed by atoms with Crippen molar-refractivity contribution in [1.82, 2.24) is 4.98 Å². The Bertz CT molecular complexity index is 472. The van der Waals surface area contributed by atoms with E-state index in [1.807, 2.05) is 0 Å². The number of rotatable bonds is 0. The van der Waals surface area contributed by atoms with Crippen molar-refractivity contribution in [2.45, 2.75) is 6.18 Å². The van der Waals surface area contributed by atoms with E-state index in [2.05, 4.69) is 4.98 Å². The Labute approximate surface area is 82.5 Å². The van der Waals surface area contributed by atoms with Crippen molar-refractivity contribution in [3.05, 3.63) is 35.0 Å². The SMILES string of the molecule is FC(F)(F)c1cc2cc(Cl)ccc2[nH]1. The van der Waals surface area contributed by atoms with Crippen LogP contribution in [0.2, 0.25) is 5.02 Å². The van der Waals surface area contributed by atoms with Crippen LogP contribution in [0.15, 0.2) is 24.3 Å². The van der Waals surface area contributed by atoms with Gasteiger partial charge >= 0.3 is 6.18 Å². The number of aromatic amines is 1. The molecule has 2 aromatic rings. The van der Waals surface area contributed by atoms with Gasteiger partial charge in [0, 0.05) is 15.9 Å². The highest BCUT2D eigenvalue weighted by molar-refractivity contribution is 6.31. The maximum atomic E-state index is 12.3. The molecule has 0 saturated carbocycles. The van der Waals surface area contributed by atoms with Crippen molar-refractivity contribution < 1.29 is 13.2 Å². The Morgan fingerprint density at radius 1 is 1.14 bits per heavy atom. The quantitative estimate of drug-likeness (QED) is 0.693. The van der Waals surface area contributed by atoms with E-state index in [4.69, 9.17) is 11.6 Å². The van der Waals surface area contributed by atoms with Gasteiger partial charge in [-0.15, -0.1) is 0 Å². The van der Waals surface area contributed by atoms with Gasteiger partial charge < -0.3 is 4.98 Å². The lowest BCUT2D eigenvalue weighted by Crippen LogP contribution is -2.04. The van der Waals surface area contributed by atoms with Crippen molar-refractivity contribution >= 4 is 22.5 Å². The third-order valence-corrected chi connectivity index (χ3v) is 2.12. The van der Waals surface area contributed by atoms with E-state index < -0.39 is 11.9 Å². The maximum Gasteiger partial charge on any atom is 0.431 e. The zero-order valence-corrected chi connectivity index (χ0v) is 7.58. The smallest absolute Gasteiger partial charge is 0.351 e. The molecule has 1 N–H and O–H groups in total. The topological polar surface area (TPSA) is 15.8 Å². The molecule has 0 aliphatic carbocycles. The molecule has 5 heteroatoms. The number of aromatic nitrogens is 1. The van der Waals surface area contributed by atoms with E-state index in [9.17, 15) is 13.2 Å². The third-order valence-electron chi connectivity index (χ3n) is 1.89. The molecule has 0 atom stereocenters. The van der Waals surface area contributed by atoms with Crippen molar-refractivity contribution in [2.75, 3.05) is 0 Å². The molecule has 74 valence electrons. The van der Waals surface area contributed by atoms with E-state index in [0.717, 1.165) is 6.07 Å². The number of H-pyrrole nitrogens is 1. The van der Waals surface area contributed by atoms with Crippen molar-refractivity contribution in [1.29, 1.82) is 0 Å². The van der Waals surface area contributed by atoms with E-state index in [1.165, 1.54) is 12.1 Å². The highest BCUT2D eigenvalue weighted by Crippen LogP contribution is 2.31. The number of hydrogen-bond acceptors (Lipinski definition) is 0. The molecular formula is C9H5ClF3N. The van der Waals surface area contributed by atoms with Crippen molar-refractivity contribution in [3.8, 4) is 0 Å². The van der Waals surface area contributed by atoms with Crippen LogP contribution < -0.4 is 0 Å². The molecule has 1 aromatic heterocycles. The van der Waals surface area contributed by atoms with E-state index in [0.29, 0.717) is 15.9 Å². The molecule has 0 aliphatic heterocycles. The fraction of sp³-hybridized carbons (Fsp3) is 0.111. The van der Waals surface area contributed by atoms with Gasteiger partial charge in [-0.25, -0.2) is 0 Å². The molecule has 0 spiro atoms. The van der Waals surface area contributed by atoms with Crippen LogP contribution in [0.5, 0.6) is 0 Å². The van der Waals surface area contributed by atoms with Crippen LogP contribution in [0.3, 0.4) is 0 Å². The first-order valence-electron chi connectivity index (χ1n) is 3.82. The Morgan fingerprint density at radius 2 is 1.86 bits per heavy atom. The molecule has 0 fully saturated rings. The molecule has 0 unspecified atom stereocenters. The predicted octanol–water partition coefficient (Wildman–Crippen LogP) is 3.84. The van der Waals surface area contributed by atoms with Crippen LogP contribution in [0.1, 0.15) is 5.69 Å². The first kappa shape index (κ1) is 9.40. The Hall–Kier alpha value is -1.16. The second kappa shape index (κ2) is 2.92. The predicted molar refractivity (Wildman–Crippen MR) is 48.3 cm³/mol. The van der Waals surface area contributed by atoms with E-state index >= 15 is 0 Å². The Balaban J connectivity index is 2.63. The zero-order chi connectivity index (χ0) is 10.3. The highest BCUT2D eigenvalue weighted by atomic mass is 35.5. The number of hydrogen-bond donors (Lipinski definition) is 1. The van der Waals surface area contributed by atoms with Crippen molar-refractivity contribution in [3.63, 3.8) is 0 Å². The van der Waals surface area contributed by atoms with Gasteiger partial charge in [0.25, 0.3) is 0 Å². The summed E-state index contributed by atoms with van der Waals surface area (Å²) < 4.78 is 36.8. The second-order valence-corrected chi connectivity index (χ2v) is 3.35. The molecule has 0 saturated heterocycles. The molecule has 2 rings (SSSR count). The van der Waals surface area contributed by atoms with Gasteiger partial charge in [-0.05, 0) is 24.3 Å². The van der Waals surface area contributed by atoms with Gasteiger partial charge in [0.05, 0.1) is 0 Å². The Morgan fingerprint density at radius 3 is 2.50 bits per heavy atom. The lowest BCUT2D eigenvalue weighted by Gasteiger charge is -2.00. The van der Waals surface area contributed by atoms with Gasteiger partial charge in [0.15, 0.2) is 0 Å². The lowest BCUT2D eigenvalue weighted by atomic mass is 10.2. The van der Waals surface area contributed by atoms with Gasteiger partial charge in [-0.1, -0.05) is 11.6 Å². The van der Waals surface area contributed by atoms with E-state index in [1.54, 1.807) is 6.07 Å². The first-order valence-corrected chi connectivity index (χ1v) is 4.20. The molecule has 1 nitrogen and oxygen atoms in total.